The maximum Gasteiger partial charge on any atom is 0.132 e. The Hall–Kier alpha value is -0.160. The number of hydrogen-bond acceptors (Lipinski definition) is 3. The fourth-order valence-corrected chi connectivity index (χ4v) is 0.288. The largest absolute Gasteiger partial charge is 0.316 e. The van der Waals surface area contributed by atoms with Gasteiger partial charge in [0.05, 0.1) is 5.54 Å². The van der Waals surface area contributed by atoms with Gasteiger partial charge in [-0.3, -0.25) is 0 Å². The Bertz CT molecular complexity index is 85.0. The summed E-state index contributed by atoms with van der Waals surface area (Å²) >= 11 is 0. The van der Waals surface area contributed by atoms with Crippen LogP contribution in [0.4, 0.5) is 0 Å². The molecule has 1 unspecified atom stereocenters. The van der Waals surface area contributed by atoms with Gasteiger partial charge < -0.3 is 5.21 Å². The molecule has 0 aliphatic heterocycles. The van der Waals surface area contributed by atoms with Crippen LogP contribution in [0.5, 0.6) is 0 Å². The van der Waals surface area contributed by atoms with Crippen molar-refractivity contribution in [3.05, 3.63) is 0 Å². The third-order valence-corrected chi connectivity index (χ3v) is 1.65. The molecule has 0 amide bonds. The molecule has 0 saturated heterocycles. The predicted octanol–water partition coefficient (Wildman–Crippen LogP) is -0.915. The van der Waals surface area contributed by atoms with Crippen molar-refractivity contribution in [2.75, 3.05) is 0 Å². The third-order valence-electron chi connectivity index (χ3n) is 1.65. The maximum atomic E-state index is 8.53. The summed E-state index contributed by atoms with van der Waals surface area (Å²) in [4.78, 5) is 0. The van der Waals surface area contributed by atoms with Crippen LogP contribution in [0.1, 0.15) is 20.8 Å². The van der Waals surface area contributed by atoms with Gasteiger partial charge in [0.2, 0.25) is 0 Å². The Morgan fingerprint density at radius 2 is 2.00 bits per heavy atom. The van der Waals surface area contributed by atoms with Gasteiger partial charge in [0.1, 0.15) is 6.04 Å². The monoisotopic (exact) mass is 135 g/mol. The van der Waals surface area contributed by atoms with Gasteiger partial charge >= 0.3 is 0 Å². The van der Waals surface area contributed by atoms with E-state index in [4.69, 9.17) is 10.4 Å². The van der Waals surface area contributed by atoms with Crippen molar-refractivity contribution in [1.82, 2.24) is 5.48 Å². The van der Waals surface area contributed by atoms with Crippen molar-refractivity contribution in [2.45, 2.75) is 32.4 Å². The summed E-state index contributed by atoms with van der Waals surface area (Å²) in [5, 5.41) is 17.0. The normalized spacial score (nSPS) is 15.7. The first-order valence-corrected chi connectivity index (χ1v) is 2.93. The van der Waals surface area contributed by atoms with Gasteiger partial charge in [0.25, 0.3) is 0 Å². The van der Waals surface area contributed by atoms with E-state index < -0.39 is 5.54 Å². The molecule has 0 aliphatic rings. The van der Waals surface area contributed by atoms with E-state index in [1.807, 2.05) is 6.92 Å². The van der Waals surface area contributed by atoms with Gasteiger partial charge in [0, 0.05) is 0 Å². The molecule has 0 spiro atoms. The molecule has 0 aliphatic carbocycles. The predicted molar refractivity (Wildman–Crippen MR) is 32.2 cm³/mol. The van der Waals surface area contributed by atoms with E-state index >= 15 is 0 Å². The van der Waals surface area contributed by atoms with E-state index in [1.165, 1.54) is 0 Å². The first-order chi connectivity index (χ1) is 4.04. The van der Waals surface area contributed by atoms with Crippen LogP contribution in [0.15, 0.2) is 0 Å². The second-order valence-corrected chi connectivity index (χ2v) is 2.77. The highest BCUT2D eigenvalue weighted by molar-refractivity contribution is 4.77. The lowest BCUT2D eigenvalue weighted by atomic mass is 9.98. The lowest BCUT2D eigenvalue weighted by Crippen LogP contribution is -2.91. The van der Waals surface area contributed by atoms with Crippen LogP contribution in [-0.2, 0) is 0 Å². The van der Waals surface area contributed by atoms with E-state index in [-0.39, 0.29) is 6.04 Å². The van der Waals surface area contributed by atoms with E-state index in [9.17, 15) is 0 Å². The summed E-state index contributed by atoms with van der Waals surface area (Å²) in [7, 11) is 0. The summed E-state index contributed by atoms with van der Waals surface area (Å²) < 4.78 is 0. The molecule has 0 bridgehead atoms. The quantitative estimate of drug-likeness (QED) is 0.378. The smallest absolute Gasteiger partial charge is 0.132 e. The van der Waals surface area contributed by atoms with Crippen LogP contribution in [0.25, 0.3) is 0 Å². The number of rotatable bonds is 3. The van der Waals surface area contributed by atoms with E-state index in [0.717, 1.165) is 5.48 Å². The molecule has 0 saturated carbocycles. The van der Waals surface area contributed by atoms with Gasteiger partial charge in [-0.15, -0.1) is 0 Å². The van der Waals surface area contributed by atoms with Gasteiger partial charge in [-0.1, -0.05) is 0 Å². The second-order valence-electron chi connectivity index (χ2n) is 2.77. The fraction of sp³-hybridized carbons (Fsp3) is 1.00. The summed E-state index contributed by atoms with van der Waals surface area (Å²) in [6.45, 7) is 5.40. The molecule has 0 rings (SSSR count). The third kappa shape index (κ3) is 2.28. The van der Waals surface area contributed by atoms with E-state index in [1.54, 1.807) is 13.8 Å². The molecule has 9 heavy (non-hydrogen) atoms. The van der Waals surface area contributed by atoms with Gasteiger partial charge in [-0.2, -0.15) is 5.48 Å². The Morgan fingerprint density at radius 1 is 1.56 bits per heavy atom. The topological polar surface area (TPSA) is 69.1 Å². The molecule has 0 radical (unpaired) electrons. The van der Waals surface area contributed by atoms with E-state index in [2.05, 4.69) is 5.48 Å². The molecule has 0 aromatic heterocycles. The number of quaternary nitrogens is 1. The summed E-state index contributed by atoms with van der Waals surface area (Å²) in [6.07, 6.45) is 0. The van der Waals surface area contributed by atoms with Crippen molar-refractivity contribution in [3.8, 4) is 0 Å². The SMILES string of the molecule is CC([NH2+]O)C(C)(C)NO. The molecule has 56 valence electrons. The molecule has 4 heteroatoms. The molecule has 0 fully saturated rings. The van der Waals surface area contributed by atoms with E-state index in [0.29, 0.717) is 0 Å². The van der Waals surface area contributed by atoms with Crippen LogP contribution < -0.4 is 11.0 Å². The molecule has 4 nitrogen and oxygen atoms in total. The average molecular weight is 135 g/mol. The van der Waals surface area contributed by atoms with Crippen LogP contribution in [-0.4, -0.2) is 22.0 Å². The molecule has 5 N–H and O–H groups in total. The number of nitrogens with one attached hydrogen (secondary N) is 1. The molecule has 0 aromatic carbocycles. The Kier molecular flexibility index (Phi) is 3.07. The average Bonchev–Trinajstić information content (AvgIpc) is 1.86. The highest BCUT2D eigenvalue weighted by Gasteiger charge is 2.27. The van der Waals surface area contributed by atoms with Crippen LogP contribution in [0.2, 0.25) is 0 Å². The Morgan fingerprint density at radius 3 is 2.11 bits per heavy atom. The molecular weight excluding hydrogens is 120 g/mol. The first-order valence-electron chi connectivity index (χ1n) is 2.93. The zero-order chi connectivity index (χ0) is 7.49. The molecule has 0 aromatic rings. The highest BCUT2D eigenvalue weighted by atomic mass is 16.5. The van der Waals surface area contributed by atoms with Gasteiger partial charge in [-0.05, 0) is 20.8 Å². The lowest BCUT2D eigenvalue weighted by molar-refractivity contribution is -0.912. The fourth-order valence-electron chi connectivity index (χ4n) is 0.288. The minimum Gasteiger partial charge on any atom is -0.316 e. The summed E-state index contributed by atoms with van der Waals surface area (Å²) in [5.74, 6) is 0. The molecule has 1 atom stereocenters. The van der Waals surface area contributed by atoms with Crippen molar-refractivity contribution < 1.29 is 15.9 Å². The minimum atomic E-state index is -0.450. The zero-order valence-corrected chi connectivity index (χ0v) is 6.05. The van der Waals surface area contributed by atoms with Gasteiger partial charge in [-0.25, -0.2) is 10.7 Å². The Labute approximate surface area is 54.8 Å². The molecule has 0 heterocycles. The highest BCUT2D eigenvalue weighted by Crippen LogP contribution is 2.02. The standard InChI is InChI=1S/C5H14N2O2/c1-4(6-8)5(2,3)7-9/h4,6-9H,1-3H3/p+1. The summed E-state index contributed by atoms with van der Waals surface area (Å²) in [6, 6.07) is -0.0671. The van der Waals surface area contributed by atoms with Crippen molar-refractivity contribution >= 4 is 0 Å². The zero-order valence-electron chi connectivity index (χ0n) is 6.05. The first kappa shape index (κ1) is 8.84. The second kappa shape index (κ2) is 3.12. The van der Waals surface area contributed by atoms with Crippen molar-refractivity contribution in [3.63, 3.8) is 0 Å². The maximum absolute atomic E-state index is 8.53. The van der Waals surface area contributed by atoms with Crippen molar-refractivity contribution in [2.24, 2.45) is 0 Å². The number of hydroxylamine groups is 2. The van der Waals surface area contributed by atoms with Crippen LogP contribution in [0.3, 0.4) is 0 Å². The van der Waals surface area contributed by atoms with Crippen LogP contribution >= 0.6 is 0 Å². The van der Waals surface area contributed by atoms with Crippen molar-refractivity contribution in [1.29, 1.82) is 0 Å². The van der Waals surface area contributed by atoms with Crippen LogP contribution in [0, 0.1) is 0 Å². The number of hydrogen-bond donors (Lipinski definition) is 4. The Balaban J connectivity index is 3.80. The van der Waals surface area contributed by atoms with Gasteiger partial charge in [0.15, 0.2) is 0 Å². The molecular formula is C5H15N2O2+. The lowest BCUT2D eigenvalue weighted by Gasteiger charge is -2.24. The minimum absolute atomic E-state index is 0.0671. The number of nitrogens with two attached hydrogens (primary N) is 1. The summed E-state index contributed by atoms with van der Waals surface area (Å²) in [5.41, 5.74) is 2.71.